The van der Waals surface area contributed by atoms with Crippen LogP contribution in [0.2, 0.25) is 0 Å². The SMILES string of the molecule is CN(C)CC(C)(C)CNc1ncc(Br)cc1C(=O)O. The van der Waals surface area contributed by atoms with Crippen LogP contribution in [0.4, 0.5) is 5.82 Å². The lowest BCUT2D eigenvalue weighted by Crippen LogP contribution is -2.34. The Morgan fingerprint density at radius 1 is 1.53 bits per heavy atom. The first-order valence-corrected chi connectivity index (χ1v) is 6.78. The van der Waals surface area contributed by atoms with Gasteiger partial charge in [-0.1, -0.05) is 13.8 Å². The van der Waals surface area contributed by atoms with Crippen molar-refractivity contribution in [2.75, 3.05) is 32.5 Å². The summed E-state index contributed by atoms with van der Waals surface area (Å²) in [4.78, 5) is 17.4. The minimum atomic E-state index is -0.985. The average Bonchev–Trinajstić information content (AvgIpc) is 2.25. The van der Waals surface area contributed by atoms with Crippen molar-refractivity contribution in [2.45, 2.75) is 13.8 Å². The first-order chi connectivity index (χ1) is 8.71. The molecular formula is C13H20BrN3O2. The fraction of sp³-hybridized carbons (Fsp3) is 0.538. The summed E-state index contributed by atoms with van der Waals surface area (Å²) >= 11 is 3.23. The van der Waals surface area contributed by atoms with Crippen LogP contribution < -0.4 is 5.32 Å². The van der Waals surface area contributed by atoms with Crippen LogP contribution in [0.15, 0.2) is 16.7 Å². The lowest BCUT2D eigenvalue weighted by molar-refractivity contribution is 0.0697. The number of rotatable bonds is 6. The van der Waals surface area contributed by atoms with Gasteiger partial charge in [0, 0.05) is 23.8 Å². The zero-order valence-corrected chi connectivity index (χ0v) is 13.3. The lowest BCUT2D eigenvalue weighted by atomic mass is 9.93. The summed E-state index contributed by atoms with van der Waals surface area (Å²) in [5.41, 5.74) is 0.198. The van der Waals surface area contributed by atoms with Gasteiger partial charge in [0.15, 0.2) is 0 Å². The van der Waals surface area contributed by atoms with Gasteiger partial charge in [-0.2, -0.15) is 0 Å². The molecule has 0 radical (unpaired) electrons. The van der Waals surface area contributed by atoms with Crippen LogP contribution in [0.25, 0.3) is 0 Å². The maximum absolute atomic E-state index is 11.2. The number of carboxylic acids is 1. The summed E-state index contributed by atoms with van der Waals surface area (Å²) in [6.07, 6.45) is 1.59. The monoisotopic (exact) mass is 329 g/mol. The molecule has 1 rings (SSSR count). The molecule has 0 amide bonds. The van der Waals surface area contributed by atoms with Gasteiger partial charge < -0.3 is 15.3 Å². The quantitative estimate of drug-likeness (QED) is 0.839. The van der Waals surface area contributed by atoms with Gasteiger partial charge in [0.25, 0.3) is 0 Å². The number of carboxylic acid groups (broad SMARTS) is 1. The van der Waals surface area contributed by atoms with Crippen molar-refractivity contribution in [3.63, 3.8) is 0 Å². The minimum Gasteiger partial charge on any atom is -0.478 e. The molecule has 0 atom stereocenters. The van der Waals surface area contributed by atoms with E-state index in [1.54, 1.807) is 12.3 Å². The van der Waals surface area contributed by atoms with Crippen LogP contribution in [-0.4, -0.2) is 48.1 Å². The smallest absolute Gasteiger partial charge is 0.339 e. The first kappa shape index (κ1) is 15.9. The number of carbonyl (C=O) groups is 1. The Bertz CT molecular complexity index is 461. The lowest BCUT2D eigenvalue weighted by Gasteiger charge is -2.28. The van der Waals surface area contributed by atoms with Crippen molar-refractivity contribution in [3.8, 4) is 0 Å². The van der Waals surface area contributed by atoms with Crippen molar-refractivity contribution in [1.82, 2.24) is 9.88 Å². The number of hydrogen-bond acceptors (Lipinski definition) is 4. The highest BCUT2D eigenvalue weighted by atomic mass is 79.9. The fourth-order valence-corrected chi connectivity index (χ4v) is 2.31. The van der Waals surface area contributed by atoms with E-state index in [-0.39, 0.29) is 11.0 Å². The summed E-state index contributed by atoms with van der Waals surface area (Å²) in [7, 11) is 4.03. The maximum atomic E-state index is 11.2. The number of nitrogens with zero attached hydrogens (tertiary/aromatic N) is 2. The van der Waals surface area contributed by atoms with Crippen molar-refractivity contribution in [1.29, 1.82) is 0 Å². The molecule has 0 unspecified atom stereocenters. The molecule has 0 fully saturated rings. The molecule has 0 aliphatic carbocycles. The van der Waals surface area contributed by atoms with Gasteiger partial charge in [-0.15, -0.1) is 0 Å². The zero-order chi connectivity index (χ0) is 14.6. The van der Waals surface area contributed by atoms with E-state index in [2.05, 4.69) is 45.0 Å². The van der Waals surface area contributed by atoms with E-state index in [1.807, 2.05) is 14.1 Å². The first-order valence-electron chi connectivity index (χ1n) is 5.99. The molecule has 2 N–H and O–H groups in total. The Labute approximate surface area is 122 Å². The Morgan fingerprint density at radius 3 is 2.68 bits per heavy atom. The van der Waals surface area contributed by atoms with Gasteiger partial charge in [0.1, 0.15) is 11.4 Å². The van der Waals surface area contributed by atoms with Gasteiger partial charge in [-0.3, -0.25) is 0 Å². The molecule has 0 saturated heterocycles. The Kier molecular flexibility index (Phi) is 5.31. The Hall–Kier alpha value is -1.14. The molecule has 5 nitrogen and oxygen atoms in total. The van der Waals surface area contributed by atoms with Crippen LogP contribution in [0.3, 0.4) is 0 Å². The molecule has 0 aliphatic heterocycles. The third-order valence-corrected chi connectivity index (χ3v) is 3.00. The van der Waals surface area contributed by atoms with E-state index in [0.29, 0.717) is 16.8 Å². The fourth-order valence-electron chi connectivity index (χ4n) is 1.98. The molecule has 1 heterocycles. The van der Waals surface area contributed by atoms with E-state index in [0.717, 1.165) is 6.54 Å². The highest BCUT2D eigenvalue weighted by Crippen LogP contribution is 2.21. The normalized spacial score (nSPS) is 11.7. The number of halogens is 1. The van der Waals surface area contributed by atoms with E-state index in [4.69, 9.17) is 5.11 Å². The van der Waals surface area contributed by atoms with Crippen LogP contribution in [0.5, 0.6) is 0 Å². The van der Waals surface area contributed by atoms with Crippen LogP contribution in [0, 0.1) is 5.41 Å². The van der Waals surface area contributed by atoms with Gasteiger partial charge in [-0.25, -0.2) is 9.78 Å². The zero-order valence-electron chi connectivity index (χ0n) is 11.7. The van der Waals surface area contributed by atoms with E-state index < -0.39 is 5.97 Å². The molecule has 0 spiro atoms. The third-order valence-electron chi connectivity index (χ3n) is 2.56. The van der Waals surface area contributed by atoms with Crippen molar-refractivity contribution in [3.05, 3.63) is 22.3 Å². The Morgan fingerprint density at radius 2 is 2.16 bits per heavy atom. The highest BCUT2D eigenvalue weighted by Gasteiger charge is 2.20. The van der Waals surface area contributed by atoms with Crippen LogP contribution in [0.1, 0.15) is 24.2 Å². The second-order valence-corrected chi connectivity index (χ2v) is 6.53. The number of aromatic nitrogens is 1. The van der Waals surface area contributed by atoms with Crippen LogP contribution >= 0.6 is 15.9 Å². The molecular weight excluding hydrogens is 310 g/mol. The van der Waals surface area contributed by atoms with Gasteiger partial charge in [-0.05, 0) is 41.5 Å². The predicted octanol–water partition coefficient (Wildman–Crippen LogP) is 2.54. The standard InChI is InChI=1S/C13H20BrN3O2/c1-13(2,8-17(3)4)7-16-11-10(12(18)19)5-9(14)6-15-11/h5-6H,7-8H2,1-4H3,(H,15,16)(H,18,19). The predicted molar refractivity (Wildman–Crippen MR) is 79.7 cm³/mol. The van der Waals surface area contributed by atoms with Crippen molar-refractivity contribution >= 4 is 27.7 Å². The molecule has 1 aromatic heterocycles. The molecule has 6 heteroatoms. The summed E-state index contributed by atoms with van der Waals surface area (Å²) in [5.74, 6) is -0.579. The summed E-state index contributed by atoms with van der Waals surface area (Å²) in [6, 6.07) is 1.55. The minimum absolute atomic E-state index is 0.0219. The highest BCUT2D eigenvalue weighted by molar-refractivity contribution is 9.10. The number of anilines is 1. The molecule has 0 aromatic carbocycles. The Balaban J connectivity index is 2.80. The molecule has 1 aromatic rings. The van der Waals surface area contributed by atoms with Gasteiger partial charge in [0.2, 0.25) is 0 Å². The second kappa shape index (κ2) is 6.34. The van der Waals surface area contributed by atoms with Gasteiger partial charge >= 0.3 is 5.97 Å². The largest absolute Gasteiger partial charge is 0.478 e. The molecule has 0 bridgehead atoms. The van der Waals surface area contributed by atoms with Crippen LogP contribution in [-0.2, 0) is 0 Å². The van der Waals surface area contributed by atoms with Crippen molar-refractivity contribution in [2.24, 2.45) is 5.41 Å². The van der Waals surface area contributed by atoms with E-state index >= 15 is 0 Å². The van der Waals surface area contributed by atoms with E-state index in [9.17, 15) is 4.79 Å². The molecule has 106 valence electrons. The average molecular weight is 330 g/mol. The maximum Gasteiger partial charge on any atom is 0.339 e. The molecule has 0 aliphatic rings. The number of pyridine rings is 1. The van der Waals surface area contributed by atoms with E-state index in [1.165, 1.54) is 0 Å². The summed E-state index contributed by atoms with van der Waals surface area (Å²) in [6.45, 7) is 5.80. The second-order valence-electron chi connectivity index (χ2n) is 5.61. The molecule has 19 heavy (non-hydrogen) atoms. The summed E-state index contributed by atoms with van der Waals surface area (Å²) in [5, 5.41) is 12.3. The molecule has 0 saturated carbocycles. The summed E-state index contributed by atoms with van der Waals surface area (Å²) < 4.78 is 0.656. The number of aromatic carboxylic acids is 1. The number of nitrogens with one attached hydrogen (secondary N) is 1. The third kappa shape index (κ3) is 5.16. The topological polar surface area (TPSA) is 65.5 Å². The number of hydrogen-bond donors (Lipinski definition) is 2. The van der Waals surface area contributed by atoms with Crippen molar-refractivity contribution < 1.29 is 9.90 Å². The van der Waals surface area contributed by atoms with Gasteiger partial charge in [0.05, 0.1) is 0 Å².